The second kappa shape index (κ2) is 6.17. The number of nitrogens with one attached hydrogen (secondary N) is 1. The molecule has 0 saturated heterocycles. The SMILES string of the molecule is Cc1cc(C)n(CCC(=O)Nc2ncccc2C(=O)O)n1. The van der Waals surface area contributed by atoms with Crippen LogP contribution >= 0.6 is 0 Å². The largest absolute Gasteiger partial charge is 0.478 e. The molecule has 2 aromatic rings. The van der Waals surface area contributed by atoms with Gasteiger partial charge in [-0.05, 0) is 32.0 Å². The molecule has 21 heavy (non-hydrogen) atoms. The number of aromatic nitrogens is 3. The first-order valence-electron chi connectivity index (χ1n) is 6.46. The van der Waals surface area contributed by atoms with E-state index in [0.717, 1.165) is 11.4 Å². The maximum Gasteiger partial charge on any atom is 0.339 e. The number of pyridine rings is 1. The lowest BCUT2D eigenvalue weighted by Gasteiger charge is -2.08. The first kappa shape index (κ1) is 14.7. The average molecular weight is 288 g/mol. The van der Waals surface area contributed by atoms with Crippen molar-refractivity contribution in [3.8, 4) is 0 Å². The molecule has 0 spiro atoms. The lowest BCUT2D eigenvalue weighted by molar-refractivity contribution is -0.116. The van der Waals surface area contributed by atoms with Gasteiger partial charge in [-0.2, -0.15) is 5.10 Å². The lowest BCUT2D eigenvalue weighted by Crippen LogP contribution is -2.18. The van der Waals surface area contributed by atoms with E-state index >= 15 is 0 Å². The van der Waals surface area contributed by atoms with E-state index in [1.807, 2.05) is 19.9 Å². The third-order valence-electron chi connectivity index (χ3n) is 2.95. The Bertz CT molecular complexity index is 679. The molecule has 2 rings (SSSR count). The molecule has 2 N–H and O–H groups in total. The van der Waals surface area contributed by atoms with Crippen LogP contribution in [0.3, 0.4) is 0 Å². The summed E-state index contributed by atoms with van der Waals surface area (Å²) < 4.78 is 1.74. The van der Waals surface area contributed by atoms with Gasteiger partial charge in [0, 0.05) is 24.9 Å². The Labute approximate surface area is 121 Å². The highest BCUT2D eigenvalue weighted by Gasteiger charge is 2.13. The van der Waals surface area contributed by atoms with E-state index in [0.29, 0.717) is 6.54 Å². The van der Waals surface area contributed by atoms with Gasteiger partial charge in [0.25, 0.3) is 0 Å². The summed E-state index contributed by atoms with van der Waals surface area (Å²) in [5.41, 5.74) is 1.84. The predicted molar refractivity (Wildman–Crippen MR) is 76.1 cm³/mol. The fraction of sp³-hybridized carbons (Fsp3) is 0.286. The maximum atomic E-state index is 11.9. The molecule has 7 nitrogen and oxygen atoms in total. The molecule has 7 heteroatoms. The van der Waals surface area contributed by atoms with E-state index in [9.17, 15) is 9.59 Å². The van der Waals surface area contributed by atoms with Gasteiger partial charge < -0.3 is 10.4 Å². The number of carboxylic acids is 1. The van der Waals surface area contributed by atoms with Gasteiger partial charge in [-0.15, -0.1) is 0 Å². The Morgan fingerprint density at radius 3 is 2.76 bits per heavy atom. The molecule has 0 atom stereocenters. The fourth-order valence-corrected chi connectivity index (χ4v) is 1.98. The molecule has 0 aromatic carbocycles. The van der Waals surface area contributed by atoms with Crippen molar-refractivity contribution in [1.29, 1.82) is 0 Å². The topological polar surface area (TPSA) is 97.1 Å². The first-order valence-corrected chi connectivity index (χ1v) is 6.46. The molecule has 0 aliphatic heterocycles. The minimum absolute atomic E-state index is 0.0306. The Morgan fingerprint density at radius 2 is 2.14 bits per heavy atom. The van der Waals surface area contributed by atoms with E-state index in [1.165, 1.54) is 18.3 Å². The molecule has 2 aromatic heterocycles. The number of aryl methyl sites for hydroxylation is 3. The minimum Gasteiger partial charge on any atom is -0.478 e. The van der Waals surface area contributed by atoms with Crippen molar-refractivity contribution < 1.29 is 14.7 Å². The van der Waals surface area contributed by atoms with Crippen LogP contribution in [-0.4, -0.2) is 31.7 Å². The van der Waals surface area contributed by atoms with Crippen molar-refractivity contribution >= 4 is 17.7 Å². The molecular formula is C14H16N4O3. The molecule has 0 unspecified atom stereocenters. The number of hydrogen-bond acceptors (Lipinski definition) is 4. The number of carboxylic acid groups (broad SMARTS) is 1. The summed E-state index contributed by atoms with van der Waals surface area (Å²) >= 11 is 0. The van der Waals surface area contributed by atoms with Crippen molar-refractivity contribution in [3.63, 3.8) is 0 Å². The predicted octanol–water partition coefficient (Wildman–Crippen LogP) is 1.62. The highest BCUT2D eigenvalue weighted by Crippen LogP contribution is 2.12. The minimum atomic E-state index is -1.13. The van der Waals surface area contributed by atoms with Crippen molar-refractivity contribution in [2.45, 2.75) is 26.8 Å². The smallest absolute Gasteiger partial charge is 0.339 e. The van der Waals surface area contributed by atoms with Crippen molar-refractivity contribution in [2.75, 3.05) is 5.32 Å². The molecule has 110 valence electrons. The van der Waals surface area contributed by atoms with Gasteiger partial charge in [-0.1, -0.05) is 0 Å². The van der Waals surface area contributed by atoms with Gasteiger partial charge >= 0.3 is 5.97 Å². The van der Waals surface area contributed by atoms with Crippen LogP contribution in [0.1, 0.15) is 28.2 Å². The van der Waals surface area contributed by atoms with Crippen LogP contribution in [0, 0.1) is 13.8 Å². The molecule has 0 aliphatic carbocycles. The van der Waals surface area contributed by atoms with Gasteiger partial charge in [-0.25, -0.2) is 9.78 Å². The summed E-state index contributed by atoms with van der Waals surface area (Å²) in [6.45, 7) is 4.23. The zero-order valence-corrected chi connectivity index (χ0v) is 11.8. The van der Waals surface area contributed by atoms with E-state index in [4.69, 9.17) is 5.11 Å². The van der Waals surface area contributed by atoms with Gasteiger partial charge in [-0.3, -0.25) is 9.48 Å². The Balaban J connectivity index is 1.99. The normalized spacial score (nSPS) is 10.4. The van der Waals surface area contributed by atoms with Gasteiger partial charge in [0.2, 0.25) is 5.91 Å². The van der Waals surface area contributed by atoms with E-state index in [1.54, 1.807) is 4.68 Å². The Hall–Kier alpha value is -2.70. The third-order valence-corrected chi connectivity index (χ3v) is 2.95. The molecular weight excluding hydrogens is 272 g/mol. The number of amides is 1. The standard InChI is InChI=1S/C14H16N4O3/c1-9-8-10(2)18(17-9)7-5-12(19)16-13-11(14(20)21)4-3-6-15-13/h3-4,6,8H,5,7H2,1-2H3,(H,20,21)(H,15,16,19). The van der Waals surface area contributed by atoms with E-state index < -0.39 is 5.97 Å². The maximum absolute atomic E-state index is 11.9. The second-order valence-electron chi connectivity index (χ2n) is 4.65. The summed E-state index contributed by atoms with van der Waals surface area (Å²) in [7, 11) is 0. The Kier molecular flexibility index (Phi) is 4.32. The number of nitrogens with zero attached hydrogens (tertiary/aromatic N) is 3. The van der Waals surface area contributed by atoms with E-state index in [-0.39, 0.29) is 23.7 Å². The summed E-state index contributed by atoms with van der Waals surface area (Å²) in [6.07, 6.45) is 1.63. The molecule has 0 fully saturated rings. The monoisotopic (exact) mass is 288 g/mol. The first-order chi connectivity index (χ1) is 9.97. The zero-order chi connectivity index (χ0) is 15.4. The zero-order valence-electron chi connectivity index (χ0n) is 11.8. The van der Waals surface area contributed by atoms with Crippen LogP contribution in [0.4, 0.5) is 5.82 Å². The molecule has 1 amide bonds. The highest BCUT2D eigenvalue weighted by molar-refractivity contribution is 5.99. The van der Waals surface area contributed by atoms with Crippen LogP contribution in [0.15, 0.2) is 24.4 Å². The average Bonchev–Trinajstić information content (AvgIpc) is 2.75. The quantitative estimate of drug-likeness (QED) is 0.871. The van der Waals surface area contributed by atoms with Crippen molar-refractivity contribution in [2.24, 2.45) is 0 Å². The summed E-state index contributed by atoms with van der Waals surface area (Å²) in [4.78, 5) is 26.8. The van der Waals surface area contributed by atoms with E-state index in [2.05, 4.69) is 15.4 Å². The lowest BCUT2D eigenvalue weighted by atomic mass is 10.2. The number of carbonyl (C=O) groups excluding carboxylic acids is 1. The Morgan fingerprint density at radius 1 is 1.38 bits per heavy atom. The summed E-state index contributed by atoms with van der Waals surface area (Å²) in [5.74, 6) is -1.37. The molecule has 0 bridgehead atoms. The van der Waals surface area contributed by atoms with Gasteiger partial charge in [0.05, 0.1) is 5.69 Å². The summed E-state index contributed by atoms with van der Waals surface area (Å²) in [6, 6.07) is 4.83. The fourth-order valence-electron chi connectivity index (χ4n) is 1.98. The second-order valence-corrected chi connectivity index (χ2v) is 4.65. The summed E-state index contributed by atoms with van der Waals surface area (Å²) in [5, 5.41) is 15.8. The number of carbonyl (C=O) groups is 2. The third kappa shape index (κ3) is 3.65. The molecule has 0 radical (unpaired) electrons. The van der Waals surface area contributed by atoms with Crippen LogP contribution in [-0.2, 0) is 11.3 Å². The van der Waals surface area contributed by atoms with Gasteiger partial charge in [0.1, 0.15) is 11.4 Å². The van der Waals surface area contributed by atoms with Crippen LogP contribution in [0.2, 0.25) is 0 Å². The molecule has 2 heterocycles. The van der Waals surface area contributed by atoms with Crippen LogP contribution in [0.25, 0.3) is 0 Å². The number of aromatic carboxylic acids is 1. The molecule has 0 aliphatic rings. The highest BCUT2D eigenvalue weighted by atomic mass is 16.4. The number of rotatable bonds is 5. The van der Waals surface area contributed by atoms with Gasteiger partial charge in [0.15, 0.2) is 0 Å². The van der Waals surface area contributed by atoms with Crippen LogP contribution in [0.5, 0.6) is 0 Å². The number of anilines is 1. The van der Waals surface area contributed by atoms with Crippen molar-refractivity contribution in [3.05, 3.63) is 41.3 Å². The van der Waals surface area contributed by atoms with Crippen LogP contribution < -0.4 is 5.32 Å². The molecule has 0 saturated carbocycles. The van der Waals surface area contributed by atoms with Crippen molar-refractivity contribution in [1.82, 2.24) is 14.8 Å². The number of hydrogen-bond donors (Lipinski definition) is 2.